The number of carbonyl (C=O) groups is 1. The van der Waals surface area contributed by atoms with Crippen LogP contribution in [-0.2, 0) is 4.74 Å². The van der Waals surface area contributed by atoms with Crippen LogP contribution < -0.4 is 15.5 Å². The van der Waals surface area contributed by atoms with E-state index >= 15 is 0 Å². The quantitative estimate of drug-likeness (QED) is 0.710. The number of oxazole rings is 1. The van der Waals surface area contributed by atoms with Gasteiger partial charge in [0.15, 0.2) is 6.39 Å². The van der Waals surface area contributed by atoms with Crippen LogP contribution in [0.1, 0.15) is 48.4 Å². The van der Waals surface area contributed by atoms with Crippen LogP contribution in [-0.4, -0.2) is 35.7 Å². The maximum Gasteiger partial charge on any atom is 0.290 e. The standard InChI is InChI=1S/C23H25ClN4O3/c1-2-3-17-18(24)8-9-28(22(17)27-23(29)20-12-25-13-30-20)15-6-4-14(5-7-15)21-19-10-16(31-21)11-26-19/h4-9,12-13,16,19,21-22,26H,2-3,10-11H2,1H3,(H,27,29)/t16-,19-,21+,22?/m0/s1. The Kier molecular flexibility index (Phi) is 5.56. The zero-order valence-corrected chi connectivity index (χ0v) is 18.0. The molecule has 3 aliphatic heterocycles. The summed E-state index contributed by atoms with van der Waals surface area (Å²) < 4.78 is 11.3. The van der Waals surface area contributed by atoms with Gasteiger partial charge in [-0.3, -0.25) is 4.79 Å². The van der Waals surface area contributed by atoms with E-state index in [2.05, 4.69) is 46.8 Å². The van der Waals surface area contributed by atoms with Gasteiger partial charge in [-0.15, -0.1) is 0 Å². The number of nitrogens with zero attached hydrogens (tertiary/aromatic N) is 2. The number of nitrogens with one attached hydrogen (secondary N) is 2. The molecule has 0 aliphatic carbocycles. The molecule has 2 aromatic rings. The van der Waals surface area contributed by atoms with Gasteiger partial charge in [0.1, 0.15) is 6.17 Å². The number of halogens is 1. The molecule has 1 aromatic heterocycles. The van der Waals surface area contributed by atoms with Crippen molar-refractivity contribution >= 4 is 23.2 Å². The van der Waals surface area contributed by atoms with Crippen LogP contribution in [0.5, 0.6) is 0 Å². The summed E-state index contributed by atoms with van der Waals surface area (Å²) in [5.74, 6) is -0.170. The maximum absolute atomic E-state index is 12.7. The molecule has 0 saturated carbocycles. The predicted octanol–water partition coefficient (Wildman–Crippen LogP) is 3.86. The van der Waals surface area contributed by atoms with Crippen molar-refractivity contribution in [3.05, 3.63) is 71.1 Å². The van der Waals surface area contributed by atoms with E-state index in [9.17, 15) is 4.79 Å². The molecule has 2 bridgehead atoms. The van der Waals surface area contributed by atoms with Crippen LogP contribution in [0.25, 0.3) is 0 Å². The Morgan fingerprint density at radius 1 is 1.35 bits per heavy atom. The normalized spacial score (nSPS) is 27.2. The van der Waals surface area contributed by atoms with E-state index in [1.165, 1.54) is 12.6 Å². The van der Waals surface area contributed by atoms with Crippen LogP contribution in [0.2, 0.25) is 0 Å². The van der Waals surface area contributed by atoms with Crippen molar-refractivity contribution in [2.24, 2.45) is 0 Å². The van der Waals surface area contributed by atoms with Gasteiger partial charge in [-0.05, 0) is 42.2 Å². The summed E-state index contributed by atoms with van der Waals surface area (Å²) in [6, 6.07) is 8.71. The highest BCUT2D eigenvalue weighted by Crippen LogP contribution is 2.38. The Bertz CT molecular complexity index is 1000. The van der Waals surface area contributed by atoms with Crippen molar-refractivity contribution in [3.8, 4) is 0 Å². The Morgan fingerprint density at radius 3 is 2.84 bits per heavy atom. The number of anilines is 1. The molecule has 1 aromatic carbocycles. The minimum Gasteiger partial charge on any atom is -0.438 e. The number of hydrogen-bond acceptors (Lipinski definition) is 6. The number of fused-ring (bicyclic) bond motifs is 2. The Hall–Kier alpha value is -2.61. The van der Waals surface area contributed by atoms with Crippen LogP contribution in [0.3, 0.4) is 0 Å². The van der Waals surface area contributed by atoms with Crippen LogP contribution >= 0.6 is 11.6 Å². The number of benzene rings is 1. The van der Waals surface area contributed by atoms with Gasteiger partial charge in [-0.25, -0.2) is 4.98 Å². The summed E-state index contributed by atoms with van der Waals surface area (Å²) in [7, 11) is 0. The summed E-state index contributed by atoms with van der Waals surface area (Å²) >= 11 is 6.52. The van der Waals surface area contributed by atoms with E-state index in [1.807, 2.05) is 17.2 Å². The van der Waals surface area contributed by atoms with Crippen molar-refractivity contribution < 1.29 is 13.9 Å². The molecule has 8 heteroatoms. The van der Waals surface area contributed by atoms with Gasteiger partial charge in [-0.2, -0.15) is 0 Å². The third-order valence-electron chi connectivity index (χ3n) is 6.09. The Balaban J connectivity index is 1.40. The smallest absolute Gasteiger partial charge is 0.290 e. The first-order chi connectivity index (χ1) is 15.1. The monoisotopic (exact) mass is 440 g/mol. The molecule has 2 N–H and O–H groups in total. The molecule has 4 heterocycles. The minimum absolute atomic E-state index is 0.0941. The topological polar surface area (TPSA) is 79.6 Å². The molecule has 162 valence electrons. The number of aromatic nitrogens is 1. The molecule has 0 radical (unpaired) electrons. The van der Waals surface area contributed by atoms with Gasteiger partial charge in [0.05, 0.1) is 18.4 Å². The summed E-state index contributed by atoms with van der Waals surface area (Å²) in [5, 5.41) is 7.22. The lowest BCUT2D eigenvalue weighted by molar-refractivity contribution is 0.0160. The lowest BCUT2D eigenvalue weighted by Crippen LogP contribution is -2.48. The van der Waals surface area contributed by atoms with Crippen molar-refractivity contribution in [1.29, 1.82) is 0 Å². The summed E-state index contributed by atoms with van der Waals surface area (Å²) in [5.41, 5.74) is 3.08. The number of hydrogen-bond donors (Lipinski definition) is 2. The third-order valence-corrected chi connectivity index (χ3v) is 6.46. The molecule has 2 fully saturated rings. The highest BCUT2D eigenvalue weighted by atomic mass is 35.5. The van der Waals surface area contributed by atoms with E-state index in [1.54, 1.807) is 0 Å². The number of amides is 1. The maximum atomic E-state index is 12.7. The number of carbonyl (C=O) groups excluding carboxylic acids is 1. The average Bonchev–Trinajstić information content (AvgIpc) is 3.55. The second-order valence-corrected chi connectivity index (χ2v) is 8.52. The number of rotatable bonds is 6. The predicted molar refractivity (Wildman–Crippen MR) is 118 cm³/mol. The van der Waals surface area contributed by atoms with Gasteiger partial charge in [0.25, 0.3) is 5.91 Å². The molecule has 31 heavy (non-hydrogen) atoms. The largest absolute Gasteiger partial charge is 0.438 e. The number of allylic oxidation sites excluding steroid dienone is 2. The first kappa shape index (κ1) is 20.3. The van der Waals surface area contributed by atoms with Gasteiger partial charge < -0.3 is 24.7 Å². The number of ether oxygens (including phenoxy) is 1. The Morgan fingerprint density at radius 2 is 2.19 bits per heavy atom. The lowest BCUT2D eigenvalue weighted by Gasteiger charge is -2.36. The van der Waals surface area contributed by atoms with Crippen molar-refractivity contribution in [3.63, 3.8) is 0 Å². The SMILES string of the molecule is CCCC1=C(Cl)C=CN(c2ccc([C@H]3O[C@@H]4CN[C@H]3C4)cc2)C1NC(=O)c1cnco1. The van der Waals surface area contributed by atoms with E-state index in [0.29, 0.717) is 17.2 Å². The lowest BCUT2D eigenvalue weighted by atomic mass is 10.0. The molecule has 0 spiro atoms. The molecule has 1 unspecified atom stereocenters. The third kappa shape index (κ3) is 3.89. The Labute approximate surface area is 186 Å². The molecule has 5 rings (SSSR count). The number of morpholine rings is 1. The van der Waals surface area contributed by atoms with Crippen LogP contribution in [0, 0.1) is 0 Å². The van der Waals surface area contributed by atoms with Gasteiger partial charge >= 0.3 is 0 Å². The first-order valence-electron chi connectivity index (χ1n) is 10.7. The second kappa shape index (κ2) is 8.49. The zero-order valence-electron chi connectivity index (χ0n) is 17.3. The summed E-state index contributed by atoms with van der Waals surface area (Å²) in [4.78, 5) is 18.6. The van der Waals surface area contributed by atoms with Crippen LogP contribution in [0.15, 0.2) is 64.2 Å². The molecular weight excluding hydrogens is 416 g/mol. The molecule has 3 aliphatic rings. The molecule has 2 saturated heterocycles. The summed E-state index contributed by atoms with van der Waals surface area (Å²) in [6.45, 7) is 3.03. The fraction of sp³-hybridized carbons (Fsp3) is 0.391. The van der Waals surface area contributed by atoms with E-state index < -0.39 is 6.17 Å². The van der Waals surface area contributed by atoms with Crippen molar-refractivity contribution in [2.75, 3.05) is 11.4 Å². The average molecular weight is 441 g/mol. The highest BCUT2D eigenvalue weighted by molar-refractivity contribution is 6.31. The van der Waals surface area contributed by atoms with E-state index in [-0.39, 0.29) is 17.8 Å². The first-order valence-corrected chi connectivity index (χ1v) is 11.0. The second-order valence-electron chi connectivity index (χ2n) is 8.11. The fourth-order valence-corrected chi connectivity index (χ4v) is 4.85. The van der Waals surface area contributed by atoms with Crippen molar-refractivity contribution in [1.82, 2.24) is 15.6 Å². The van der Waals surface area contributed by atoms with Gasteiger partial charge in [-0.1, -0.05) is 37.1 Å². The molecule has 1 amide bonds. The van der Waals surface area contributed by atoms with E-state index in [4.69, 9.17) is 20.8 Å². The van der Waals surface area contributed by atoms with Gasteiger partial charge in [0, 0.05) is 29.5 Å². The molecule has 7 nitrogen and oxygen atoms in total. The minimum atomic E-state index is -0.415. The van der Waals surface area contributed by atoms with Crippen LogP contribution in [0.4, 0.5) is 5.69 Å². The molecular formula is C23H25ClN4O3. The fourth-order valence-electron chi connectivity index (χ4n) is 4.59. The summed E-state index contributed by atoms with van der Waals surface area (Å²) in [6.07, 6.45) is 9.17. The van der Waals surface area contributed by atoms with Gasteiger partial charge in [0.2, 0.25) is 5.76 Å². The van der Waals surface area contributed by atoms with E-state index in [0.717, 1.165) is 42.6 Å². The van der Waals surface area contributed by atoms with Crippen molar-refractivity contribution in [2.45, 2.75) is 50.6 Å². The zero-order chi connectivity index (χ0) is 21.4. The highest BCUT2D eigenvalue weighted by Gasteiger charge is 2.41. The molecule has 4 atom stereocenters.